The van der Waals surface area contributed by atoms with Gasteiger partial charge in [0.1, 0.15) is 5.75 Å². The third-order valence-electron chi connectivity index (χ3n) is 2.60. The third-order valence-corrected chi connectivity index (χ3v) is 2.60. The Hall–Kier alpha value is -2.56. The zero-order chi connectivity index (χ0) is 15.7. The second-order valence-corrected chi connectivity index (χ2v) is 4.20. The predicted molar refractivity (Wildman–Crippen MR) is 83.2 cm³/mol. The van der Waals surface area contributed by atoms with Crippen LogP contribution in [0.1, 0.15) is 6.92 Å². The maximum atomic E-state index is 12.0. The zero-order valence-corrected chi connectivity index (χ0v) is 12.2. The Balaban J connectivity index is 2.67. The van der Waals surface area contributed by atoms with Crippen molar-refractivity contribution in [3.05, 3.63) is 49.6 Å². The van der Waals surface area contributed by atoms with Gasteiger partial charge in [0.25, 0.3) is 0 Å². The molecule has 5 nitrogen and oxygen atoms in total. The second-order valence-electron chi connectivity index (χ2n) is 4.20. The monoisotopic (exact) mass is 288 g/mol. The number of hydrogen-bond donors (Lipinski definition) is 1. The Morgan fingerprint density at radius 2 is 1.76 bits per heavy atom. The summed E-state index contributed by atoms with van der Waals surface area (Å²) in [5, 5.41) is 2.55. The molecule has 0 bridgehead atoms. The lowest BCUT2D eigenvalue weighted by molar-refractivity contribution is -0.142. The fourth-order valence-electron chi connectivity index (χ4n) is 1.68. The number of hydrogen-bond acceptors (Lipinski definition) is 3. The third kappa shape index (κ3) is 5.14. The van der Waals surface area contributed by atoms with Crippen LogP contribution in [0.15, 0.2) is 49.6 Å². The maximum Gasteiger partial charge on any atom is 0.313 e. The highest BCUT2D eigenvalue weighted by Crippen LogP contribution is 2.15. The van der Waals surface area contributed by atoms with Gasteiger partial charge in [0.15, 0.2) is 0 Å². The topological polar surface area (TPSA) is 58.6 Å². The Kier molecular flexibility index (Phi) is 6.74. The van der Waals surface area contributed by atoms with Crippen LogP contribution in [-0.2, 0) is 9.59 Å². The van der Waals surface area contributed by atoms with Crippen molar-refractivity contribution in [1.29, 1.82) is 0 Å². The summed E-state index contributed by atoms with van der Waals surface area (Å²) >= 11 is 0. The molecule has 1 N–H and O–H groups in total. The summed E-state index contributed by atoms with van der Waals surface area (Å²) in [5.41, 5.74) is 0.536. The minimum absolute atomic E-state index is 0.293. The molecule has 0 heterocycles. The Labute approximate surface area is 124 Å². The highest BCUT2D eigenvalue weighted by atomic mass is 16.5. The number of rotatable bonds is 7. The molecular weight excluding hydrogens is 268 g/mol. The van der Waals surface area contributed by atoms with Gasteiger partial charge in [-0.15, -0.1) is 13.2 Å². The van der Waals surface area contributed by atoms with Gasteiger partial charge in [-0.2, -0.15) is 0 Å². The van der Waals surface area contributed by atoms with Gasteiger partial charge in [-0.1, -0.05) is 12.2 Å². The minimum Gasteiger partial charge on any atom is -0.494 e. The fraction of sp³-hybridized carbons (Fsp3) is 0.250. The van der Waals surface area contributed by atoms with Crippen molar-refractivity contribution in [1.82, 2.24) is 4.90 Å². The molecule has 2 amide bonds. The Morgan fingerprint density at radius 3 is 2.24 bits per heavy atom. The molecule has 0 aliphatic rings. The van der Waals surface area contributed by atoms with Crippen molar-refractivity contribution in [2.24, 2.45) is 0 Å². The largest absolute Gasteiger partial charge is 0.494 e. The molecule has 0 aliphatic carbocycles. The van der Waals surface area contributed by atoms with Crippen LogP contribution < -0.4 is 10.1 Å². The van der Waals surface area contributed by atoms with E-state index in [1.54, 1.807) is 36.4 Å². The van der Waals surface area contributed by atoms with Crippen LogP contribution in [0.2, 0.25) is 0 Å². The summed E-state index contributed by atoms with van der Waals surface area (Å²) in [7, 11) is 0. The molecule has 0 unspecified atom stereocenters. The highest BCUT2D eigenvalue weighted by molar-refractivity contribution is 6.39. The van der Waals surface area contributed by atoms with Crippen molar-refractivity contribution in [2.75, 3.05) is 25.0 Å². The molecule has 0 radical (unpaired) electrons. The zero-order valence-electron chi connectivity index (χ0n) is 12.2. The molecule has 0 aliphatic heterocycles. The molecule has 112 valence electrons. The average molecular weight is 288 g/mol. The van der Waals surface area contributed by atoms with E-state index in [9.17, 15) is 9.59 Å². The van der Waals surface area contributed by atoms with Crippen molar-refractivity contribution in [2.45, 2.75) is 6.92 Å². The van der Waals surface area contributed by atoms with Crippen LogP contribution >= 0.6 is 0 Å². The molecule has 1 aromatic carbocycles. The molecule has 21 heavy (non-hydrogen) atoms. The number of nitrogens with zero attached hydrogens (tertiary/aromatic N) is 1. The van der Waals surface area contributed by atoms with E-state index in [1.165, 1.54) is 4.90 Å². The number of carbonyl (C=O) groups is 2. The van der Waals surface area contributed by atoms with Crippen molar-refractivity contribution < 1.29 is 14.3 Å². The van der Waals surface area contributed by atoms with E-state index in [-0.39, 0.29) is 0 Å². The van der Waals surface area contributed by atoms with Crippen LogP contribution in [0.25, 0.3) is 0 Å². The first-order chi connectivity index (χ1) is 10.1. The van der Waals surface area contributed by atoms with Crippen molar-refractivity contribution in [3.63, 3.8) is 0 Å². The van der Waals surface area contributed by atoms with Crippen molar-refractivity contribution in [3.8, 4) is 5.75 Å². The molecule has 5 heteroatoms. The van der Waals surface area contributed by atoms with E-state index < -0.39 is 11.8 Å². The molecule has 1 aromatic rings. The quantitative estimate of drug-likeness (QED) is 0.618. The van der Waals surface area contributed by atoms with Gasteiger partial charge >= 0.3 is 11.8 Å². The summed E-state index contributed by atoms with van der Waals surface area (Å²) < 4.78 is 5.31. The van der Waals surface area contributed by atoms with Crippen molar-refractivity contribution >= 4 is 17.5 Å². The van der Waals surface area contributed by atoms with E-state index in [0.717, 1.165) is 0 Å². The summed E-state index contributed by atoms with van der Waals surface area (Å²) in [6.45, 7) is 10.2. The van der Waals surface area contributed by atoms with Crippen LogP contribution in [0.4, 0.5) is 5.69 Å². The fourth-order valence-corrected chi connectivity index (χ4v) is 1.68. The molecular formula is C16H20N2O3. The van der Waals surface area contributed by atoms with Crippen LogP contribution in [-0.4, -0.2) is 36.4 Å². The number of carbonyl (C=O) groups excluding carboxylic acids is 2. The highest BCUT2D eigenvalue weighted by Gasteiger charge is 2.19. The number of benzene rings is 1. The summed E-state index contributed by atoms with van der Waals surface area (Å²) in [4.78, 5) is 25.3. The number of ether oxygens (including phenoxy) is 1. The molecule has 0 aromatic heterocycles. The van der Waals surface area contributed by atoms with Gasteiger partial charge < -0.3 is 15.0 Å². The lowest BCUT2D eigenvalue weighted by Crippen LogP contribution is -2.39. The van der Waals surface area contributed by atoms with E-state index in [1.807, 2.05) is 6.92 Å². The van der Waals surface area contributed by atoms with Gasteiger partial charge in [0.05, 0.1) is 6.61 Å². The first kappa shape index (κ1) is 16.5. The molecule has 0 fully saturated rings. The van der Waals surface area contributed by atoms with Gasteiger partial charge in [-0.05, 0) is 31.2 Å². The van der Waals surface area contributed by atoms with E-state index >= 15 is 0 Å². The standard InChI is InChI=1S/C16H20N2O3/c1-4-11-18(12-5-2)16(20)15(19)17-13-7-9-14(10-8-13)21-6-3/h4-5,7-10H,1-2,6,11-12H2,3H3,(H,17,19). The minimum atomic E-state index is -0.692. The second kappa shape index (κ2) is 8.58. The van der Waals surface area contributed by atoms with E-state index in [2.05, 4.69) is 18.5 Å². The maximum absolute atomic E-state index is 12.0. The lowest BCUT2D eigenvalue weighted by atomic mass is 10.3. The van der Waals surface area contributed by atoms with Crippen LogP contribution in [0.3, 0.4) is 0 Å². The predicted octanol–water partition coefficient (Wildman–Crippen LogP) is 2.22. The SMILES string of the molecule is C=CCN(CC=C)C(=O)C(=O)Nc1ccc(OCC)cc1. The first-order valence-electron chi connectivity index (χ1n) is 6.67. The van der Waals surface area contributed by atoms with Gasteiger partial charge in [0.2, 0.25) is 0 Å². The van der Waals surface area contributed by atoms with Crippen LogP contribution in [0, 0.1) is 0 Å². The molecule has 0 atom stereocenters. The van der Waals surface area contributed by atoms with E-state index in [4.69, 9.17) is 4.74 Å². The van der Waals surface area contributed by atoms with Crippen LogP contribution in [0.5, 0.6) is 5.75 Å². The molecule has 0 saturated carbocycles. The average Bonchev–Trinajstić information content (AvgIpc) is 2.48. The molecule has 0 spiro atoms. The van der Waals surface area contributed by atoms with Gasteiger partial charge in [0, 0.05) is 18.8 Å². The van der Waals surface area contributed by atoms with Gasteiger partial charge in [-0.25, -0.2) is 0 Å². The van der Waals surface area contributed by atoms with E-state index in [0.29, 0.717) is 31.1 Å². The van der Waals surface area contributed by atoms with Gasteiger partial charge in [-0.3, -0.25) is 9.59 Å². The molecule has 1 rings (SSSR count). The Morgan fingerprint density at radius 1 is 1.19 bits per heavy atom. The first-order valence-corrected chi connectivity index (χ1v) is 6.67. The smallest absolute Gasteiger partial charge is 0.313 e. The number of amides is 2. The molecule has 0 saturated heterocycles. The summed E-state index contributed by atoms with van der Waals surface area (Å²) in [6.07, 6.45) is 3.12. The Bertz CT molecular complexity index is 499. The number of anilines is 1. The summed E-state index contributed by atoms with van der Waals surface area (Å²) in [6, 6.07) is 6.83. The number of nitrogens with one attached hydrogen (secondary N) is 1. The normalized spacial score (nSPS) is 9.57. The summed E-state index contributed by atoms with van der Waals surface area (Å²) in [5.74, 6) is -0.603. The lowest BCUT2D eigenvalue weighted by Gasteiger charge is -2.18.